The van der Waals surface area contributed by atoms with Gasteiger partial charge in [-0.25, -0.2) is 0 Å². The molecule has 1 saturated heterocycles. The second-order valence-corrected chi connectivity index (χ2v) is 6.06. The molecule has 2 rings (SSSR count). The van der Waals surface area contributed by atoms with E-state index in [4.69, 9.17) is 23.2 Å². The molecule has 6 heteroatoms. The van der Waals surface area contributed by atoms with Crippen LogP contribution < -0.4 is 10.6 Å². The normalized spacial score (nSPS) is 19.2. The molecule has 0 saturated carbocycles. The van der Waals surface area contributed by atoms with Crippen LogP contribution in [0.2, 0.25) is 10.0 Å². The highest BCUT2D eigenvalue weighted by Crippen LogP contribution is 2.22. The van der Waals surface area contributed by atoms with Crippen LogP contribution in [0.25, 0.3) is 0 Å². The van der Waals surface area contributed by atoms with Crippen LogP contribution in [-0.4, -0.2) is 23.9 Å². The topological polar surface area (TPSA) is 58.2 Å². The fraction of sp³-hybridized carbons (Fsp3) is 0.467. The van der Waals surface area contributed by atoms with Gasteiger partial charge in [-0.15, -0.1) is 0 Å². The van der Waals surface area contributed by atoms with Gasteiger partial charge in [0.2, 0.25) is 11.8 Å². The molecule has 0 bridgehead atoms. The second kappa shape index (κ2) is 7.14. The maximum Gasteiger partial charge on any atom is 0.242 e. The van der Waals surface area contributed by atoms with Gasteiger partial charge in [0.1, 0.15) is 6.04 Å². The van der Waals surface area contributed by atoms with Crippen molar-refractivity contribution in [1.29, 1.82) is 0 Å². The summed E-state index contributed by atoms with van der Waals surface area (Å²) in [5, 5.41) is 6.84. The number of rotatable bonds is 5. The average Bonchev–Trinajstić information content (AvgIpc) is 2.87. The van der Waals surface area contributed by atoms with E-state index < -0.39 is 6.04 Å². The summed E-state index contributed by atoms with van der Waals surface area (Å²) in [5.74, 6) is -0.193. The van der Waals surface area contributed by atoms with Gasteiger partial charge in [0, 0.05) is 22.5 Å². The van der Waals surface area contributed by atoms with E-state index in [1.807, 2.05) is 13.0 Å². The molecule has 0 unspecified atom stereocenters. The molecule has 1 aromatic carbocycles. The highest BCUT2D eigenvalue weighted by Gasteiger charge is 2.28. The third-order valence-corrected chi connectivity index (χ3v) is 4.22. The number of halogens is 2. The van der Waals surface area contributed by atoms with Gasteiger partial charge in [-0.3, -0.25) is 9.59 Å². The highest BCUT2D eigenvalue weighted by molar-refractivity contribution is 6.35. The first-order chi connectivity index (χ1) is 9.99. The second-order valence-electron chi connectivity index (χ2n) is 5.21. The van der Waals surface area contributed by atoms with E-state index in [1.54, 1.807) is 12.1 Å². The summed E-state index contributed by atoms with van der Waals surface area (Å²) in [6, 6.07) is 4.93. The summed E-state index contributed by atoms with van der Waals surface area (Å²) in [6.07, 6.45) is 2.39. The zero-order chi connectivity index (χ0) is 15.4. The van der Waals surface area contributed by atoms with Crippen molar-refractivity contribution in [3.05, 3.63) is 33.8 Å². The maximum absolute atomic E-state index is 12.1. The summed E-state index contributed by atoms with van der Waals surface area (Å²) in [5.41, 5.74) is 0.948. The quantitative estimate of drug-likeness (QED) is 0.873. The van der Waals surface area contributed by atoms with Crippen LogP contribution in [0.3, 0.4) is 0 Å². The lowest BCUT2D eigenvalue weighted by Crippen LogP contribution is -2.46. The molecule has 2 atom stereocenters. The van der Waals surface area contributed by atoms with Crippen molar-refractivity contribution in [3.8, 4) is 0 Å². The molecule has 1 aliphatic rings. The summed E-state index contributed by atoms with van der Waals surface area (Å²) < 4.78 is 0. The van der Waals surface area contributed by atoms with Crippen LogP contribution in [0.5, 0.6) is 0 Å². The molecule has 0 spiro atoms. The van der Waals surface area contributed by atoms with Crippen LogP contribution in [0.4, 0.5) is 0 Å². The predicted octanol–water partition coefficient (Wildman–Crippen LogP) is 2.71. The van der Waals surface area contributed by atoms with E-state index in [2.05, 4.69) is 10.6 Å². The molecule has 0 radical (unpaired) electrons. The number of carbonyl (C=O) groups excluding carboxylic acids is 2. The van der Waals surface area contributed by atoms with Crippen molar-refractivity contribution in [3.63, 3.8) is 0 Å². The first-order valence-electron chi connectivity index (χ1n) is 7.03. The van der Waals surface area contributed by atoms with Crippen molar-refractivity contribution in [2.45, 2.75) is 44.7 Å². The molecule has 2 N–H and O–H groups in total. The van der Waals surface area contributed by atoms with Gasteiger partial charge >= 0.3 is 0 Å². The number of carbonyl (C=O) groups is 2. The van der Waals surface area contributed by atoms with Crippen molar-refractivity contribution in [2.75, 3.05) is 0 Å². The lowest BCUT2D eigenvalue weighted by atomic mass is 10.0. The molecule has 2 amide bonds. The fourth-order valence-corrected chi connectivity index (χ4v) is 2.85. The maximum atomic E-state index is 12.1. The minimum Gasteiger partial charge on any atom is -0.351 e. The number of amides is 2. The third-order valence-electron chi connectivity index (χ3n) is 3.63. The zero-order valence-corrected chi connectivity index (χ0v) is 13.3. The molecular weight excluding hydrogens is 311 g/mol. The molecule has 114 valence electrons. The first-order valence-corrected chi connectivity index (χ1v) is 7.79. The Kier molecular flexibility index (Phi) is 5.48. The van der Waals surface area contributed by atoms with E-state index in [1.165, 1.54) is 0 Å². The minimum atomic E-state index is -0.410. The molecule has 1 fully saturated rings. The van der Waals surface area contributed by atoms with Crippen LogP contribution in [0.1, 0.15) is 31.7 Å². The van der Waals surface area contributed by atoms with Gasteiger partial charge in [-0.05, 0) is 37.0 Å². The van der Waals surface area contributed by atoms with Crippen LogP contribution in [-0.2, 0) is 16.0 Å². The van der Waals surface area contributed by atoms with Crippen LogP contribution in [0, 0.1) is 0 Å². The van der Waals surface area contributed by atoms with Gasteiger partial charge in [0.05, 0.1) is 0 Å². The van der Waals surface area contributed by atoms with Crippen molar-refractivity contribution in [2.24, 2.45) is 0 Å². The van der Waals surface area contributed by atoms with E-state index >= 15 is 0 Å². The number of hydrogen-bond donors (Lipinski definition) is 2. The minimum absolute atomic E-state index is 0.0197. The third kappa shape index (κ3) is 4.35. The monoisotopic (exact) mass is 328 g/mol. The van der Waals surface area contributed by atoms with Gasteiger partial charge < -0.3 is 10.6 Å². The highest BCUT2D eigenvalue weighted by atomic mass is 35.5. The van der Waals surface area contributed by atoms with Gasteiger partial charge in [0.15, 0.2) is 0 Å². The summed E-state index contributed by atoms with van der Waals surface area (Å²) in [6.45, 7) is 2.00. The molecule has 1 aromatic rings. The molecule has 0 aromatic heterocycles. The molecule has 0 aliphatic carbocycles. The van der Waals surface area contributed by atoms with Crippen LogP contribution >= 0.6 is 23.2 Å². The van der Waals surface area contributed by atoms with Gasteiger partial charge in [0.25, 0.3) is 0 Å². The zero-order valence-electron chi connectivity index (χ0n) is 11.8. The standard InChI is InChI=1S/C15H18Cl2N2O2/c1-2-11(7-9-3-4-10(16)8-12(9)17)18-15(21)13-5-6-14(20)19-13/h3-4,8,11,13H,2,5-7H2,1H3,(H,18,21)(H,19,20)/t11-,13-/m0/s1. The van der Waals surface area contributed by atoms with Crippen molar-refractivity contribution in [1.82, 2.24) is 10.6 Å². The molecule has 1 aliphatic heterocycles. The molecular formula is C15H18Cl2N2O2. The van der Waals surface area contributed by atoms with E-state index in [0.717, 1.165) is 12.0 Å². The van der Waals surface area contributed by atoms with E-state index in [0.29, 0.717) is 29.3 Å². The average molecular weight is 329 g/mol. The lowest BCUT2D eigenvalue weighted by molar-refractivity contribution is -0.126. The van der Waals surface area contributed by atoms with Gasteiger partial charge in [-0.1, -0.05) is 36.2 Å². The van der Waals surface area contributed by atoms with E-state index in [-0.39, 0.29) is 17.9 Å². The smallest absolute Gasteiger partial charge is 0.242 e. The molecule has 21 heavy (non-hydrogen) atoms. The summed E-state index contributed by atoms with van der Waals surface area (Å²) >= 11 is 12.0. The van der Waals surface area contributed by atoms with Crippen LogP contribution in [0.15, 0.2) is 18.2 Å². The Morgan fingerprint density at radius 1 is 1.48 bits per heavy atom. The SMILES string of the molecule is CC[C@@H](Cc1ccc(Cl)cc1Cl)NC(=O)[C@@H]1CCC(=O)N1. The first kappa shape index (κ1) is 16.1. The number of hydrogen-bond acceptors (Lipinski definition) is 2. The Morgan fingerprint density at radius 3 is 2.81 bits per heavy atom. The Morgan fingerprint density at radius 2 is 2.24 bits per heavy atom. The number of nitrogens with one attached hydrogen (secondary N) is 2. The lowest BCUT2D eigenvalue weighted by Gasteiger charge is -2.20. The van der Waals surface area contributed by atoms with E-state index in [9.17, 15) is 9.59 Å². The Hall–Kier alpha value is -1.26. The van der Waals surface area contributed by atoms with Gasteiger partial charge in [-0.2, -0.15) is 0 Å². The Balaban J connectivity index is 1.96. The van der Waals surface area contributed by atoms with Crippen molar-refractivity contribution < 1.29 is 9.59 Å². The summed E-state index contributed by atoms with van der Waals surface area (Å²) in [7, 11) is 0. The molecule has 1 heterocycles. The number of benzene rings is 1. The molecule has 4 nitrogen and oxygen atoms in total. The summed E-state index contributed by atoms with van der Waals surface area (Å²) in [4.78, 5) is 23.3. The predicted molar refractivity (Wildman–Crippen MR) is 83.6 cm³/mol. The Bertz CT molecular complexity index is 548. The Labute approximate surface area is 134 Å². The largest absolute Gasteiger partial charge is 0.351 e. The fourth-order valence-electron chi connectivity index (χ4n) is 2.36. The van der Waals surface area contributed by atoms with Crippen molar-refractivity contribution >= 4 is 35.0 Å².